The molecule has 3 N–H and O–H groups in total. The maximum atomic E-state index is 10.0. The molecule has 2 rings (SSSR count). The van der Waals surface area contributed by atoms with Gasteiger partial charge in [-0.05, 0) is 18.2 Å². The predicted molar refractivity (Wildman–Crippen MR) is 68.8 cm³/mol. The Hall–Kier alpha value is -1.03. The molecule has 4 heteroatoms. The Morgan fingerprint density at radius 1 is 1.25 bits per heavy atom. The minimum absolute atomic E-state index is 0.547. The van der Waals surface area contributed by atoms with E-state index in [1.807, 2.05) is 30.3 Å². The Bertz CT molecular complexity index is 483. The van der Waals surface area contributed by atoms with E-state index in [1.54, 1.807) is 6.07 Å². The van der Waals surface area contributed by atoms with Crippen LogP contribution in [0.25, 0.3) is 0 Å². The first-order valence-electron chi connectivity index (χ1n) is 4.93. The van der Waals surface area contributed by atoms with Crippen molar-refractivity contribution in [1.29, 1.82) is 0 Å². The van der Waals surface area contributed by atoms with E-state index >= 15 is 0 Å². The van der Waals surface area contributed by atoms with Crippen LogP contribution in [-0.2, 0) is 6.42 Å². The summed E-state index contributed by atoms with van der Waals surface area (Å²) in [6.07, 6.45) is -0.0260. The predicted octanol–water partition coefficient (Wildman–Crippen LogP) is 3.26. The summed E-state index contributed by atoms with van der Waals surface area (Å²) in [6, 6.07) is 11.1. The number of hydrogen-bond donors (Lipinski definition) is 2. The fourth-order valence-corrected chi connectivity index (χ4v) is 2.70. The number of aliphatic hydroxyl groups is 1. The van der Waals surface area contributed by atoms with Crippen molar-refractivity contribution in [3.63, 3.8) is 0 Å². The lowest BCUT2D eigenvalue weighted by molar-refractivity contribution is 0.180. The quantitative estimate of drug-likeness (QED) is 0.825. The zero-order chi connectivity index (χ0) is 11.5. The van der Waals surface area contributed by atoms with Crippen LogP contribution in [0.2, 0.25) is 4.34 Å². The molecule has 0 radical (unpaired) electrons. The van der Waals surface area contributed by atoms with Gasteiger partial charge in [-0.25, -0.2) is 0 Å². The summed E-state index contributed by atoms with van der Waals surface area (Å²) < 4.78 is 0.739. The SMILES string of the molecule is Nc1ccccc1C(O)Cc1ccc(Cl)s1. The average Bonchev–Trinajstić information content (AvgIpc) is 2.64. The number of thiophene rings is 1. The molecule has 0 saturated heterocycles. The number of rotatable bonds is 3. The molecular weight excluding hydrogens is 242 g/mol. The number of aliphatic hydroxyl groups excluding tert-OH is 1. The van der Waals surface area contributed by atoms with Crippen molar-refractivity contribution >= 4 is 28.6 Å². The standard InChI is InChI=1S/C12H12ClNOS/c13-12-6-5-8(16-12)7-11(15)9-3-1-2-4-10(9)14/h1-6,11,15H,7,14H2. The van der Waals surface area contributed by atoms with Crippen molar-refractivity contribution in [2.24, 2.45) is 0 Å². The van der Waals surface area contributed by atoms with E-state index < -0.39 is 6.10 Å². The minimum Gasteiger partial charge on any atom is -0.398 e. The molecule has 0 fully saturated rings. The van der Waals surface area contributed by atoms with E-state index in [2.05, 4.69) is 0 Å². The van der Waals surface area contributed by atoms with E-state index in [1.165, 1.54) is 11.3 Å². The maximum absolute atomic E-state index is 10.0. The van der Waals surface area contributed by atoms with Gasteiger partial charge < -0.3 is 10.8 Å². The summed E-state index contributed by atoms with van der Waals surface area (Å²) in [5.41, 5.74) is 7.19. The second kappa shape index (κ2) is 4.87. The molecule has 84 valence electrons. The molecule has 16 heavy (non-hydrogen) atoms. The first kappa shape index (κ1) is 11.5. The maximum Gasteiger partial charge on any atom is 0.0931 e. The van der Waals surface area contributed by atoms with Gasteiger partial charge in [0.15, 0.2) is 0 Å². The van der Waals surface area contributed by atoms with E-state index in [4.69, 9.17) is 17.3 Å². The van der Waals surface area contributed by atoms with E-state index in [9.17, 15) is 5.11 Å². The van der Waals surface area contributed by atoms with Gasteiger partial charge in [0.25, 0.3) is 0 Å². The van der Waals surface area contributed by atoms with E-state index in [-0.39, 0.29) is 0 Å². The molecule has 1 aromatic carbocycles. The Morgan fingerprint density at radius 3 is 2.62 bits per heavy atom. The number of halogens is 1. The van der Waals surface area contributed by atoms with Gasteiger partial charge in [0.2, 0.25) is 0 Å². The normalized spacial score (nSPS) is 12.6. The number of anilines is 1. The van der Waals surface area contributed by atoms with Gasteiger partial charge >= 0.3 is 0 Å². The van der Waals surface area contributed by atoms with Gasteiger partial charge in [0.05, 0.1) is 10.4 Å². The molecule has 1 heterocycles. The highest BCUT2D eigenvalue weighted by Gasteiger charge is 2.12. The molecule has 0 aliphatic rings. The highest BCUT2D eigenvalue weighted by molar-refractivity contribution is 7.16. The Balaban J connectivity index is 2.14. The fraction of sp³-hybridized carbons (Fsp3) is 0.167. The van der Waals surface area contributed by atoms with Gasteiger partial charge in [0.1, 0.15) is 0 Å². The first-order chi connectivity index (χ1) is 7.66. The number of hydrogen-bond acceptors (Lipinski definition) is 3. The molecule has 0 amide bonds. The third-order valence-corrected chi connectivity index (χ3v) is 3.63. The molecule has 2 nitrogen and oxygen atoms in total. The molecule has 1 aromatic heterocycles. The fourth-order valence-electron chi connectivity index (χ4n) is 1.58. The first-order valence-corrected chi connectivity index (χ1v) is 6.13. The van der Waals surface area contributed by atoms with Crippen molar-refractivity contribution in [3.05, 3.63) is 51.2 Å². The molecule has 2 aromatic rings. The molecule has 0 saturated carbocycles. The van der Waals surface area contributed by atoms with E-state index in [0.29, 0.717) is 12.1 Å². The summed E-state index contributed by atoms with van der Waals surface area (Å²) in [6.45, 7) is 0. The van der Waals surface area contributed by atoms with Crippen LogP contribution in [0.3, 0.4) is 0 Å². The van der Waals surface area contributed by atoms with Crippen LogP contribution < -0.4 is 5.73 Å². The number of para-hydroxylation sites is 1. The van der Waals surface area contributed by atoms with Crippen molar-refractivity contribution in [2.75, 3.05) is 5.73 Å². The lowest BCUT2D eigenvalue weighted by Crippen LogP contribution is -2.04. The molecule has 0 bridgehead atoms. The Labute approximate surface area is 103 Å². The zero-order valence-corrected chi connectivity index (χ0v) is 10.1. The largest absolute Gasteiger partial charge is 0.398 e. The summed E-state index contributed by atoms with van der Waals surface area (Å²) in [5, 5.41) is 10.0. The van der Waals surface area contributed by atoms with Crippen LogP contribution in [0, 0.1) is 0 Å². The highest BCUT2D eigenvalue weighted by atomic mass is 35.5. The van der Waals surface area contributed by atoms with Crippen molar-refractivity contribution in [2.45, 2.75) is 12.5 Å². The third kappa shape index (κ3) is 2.55. The lowest BCUT2D eigenvalue weighted by Gasteiger charge is -2.11. The molecule has 0 spiro atoms. The minimum atomic E-state index is -0.573. The van der Waals surface area contributed by atoms with Crippen molar-refractivity contribution in [3.8, 4) is 0 Å². The van der Waals surface area contributed by atoms with Gasteiger partial charge in [0, 0.05) is 22.5 Å². The molecule has 0 aliphatic heterocycles. The van der Waals surface area contributed by atoms with Crippen LogP contribution >= 0.6 is 22.9 Å². The van der Waals surface area contributed by atoms with Gasteiger partial charge in [-0.2, -0.15) is 0 Å². The van der Waals surface area contributed by atoms with Crippen molar-refractivity contribution in [1.82, 2.24) is 0 Å². The monoisotopic (exact) mass is 253 g/mol. The smallest absolute Gasteiger partial charge is 0.0931 e. The second-order valence-electron chi connectivity index (χ2n) is 3.55. The van der Waals surface area contributed by atoms with Gasteiger partial charge in [-0.1, -0.05) is 29.8 Å². The Kier molecular flexibility index (Phi) is 3.49. The van der Waals surface area contributed by atoms with Crippen LogP contribution in [0.15, 0.2) is 36.4 Å². The second-order valence-corrected chi connectivity index (χ2v) is 5.35. The third-order valence-electron chi connectivity index (χ3n) is 2.38. The zero-order valence-electron chi connectivity index (χ0n) is 8.56. The topological polar surface area (TPSA) is 46.2 Å². The van der Waals surface area contributed by atoms with Crippen LogP contribution in [0.4, 0.5) is 5.69 Å². The summed E-state index contributed by atoms with van der Waals surface area (Å²) in [5.74, 6) is 0. The summed E-state index contributed by atoms with van der Waals surface area (Å²) in [7, 11) is 0. The molecule has 1 unspecified atom stereocenters. The van der Waals surface area contributed by atoms with Gasteiger partial charge in [-0.15, -0.1) is 11.3 Å². The highest BCUT2D eigenvalue weighted by Crippen LogP contribution is 2.28. The molecule has 0 aliphatic carbocycles. The van der Waals surface area contributed by atoms with Crippen LogP contribution in [-0.4, -0.2) is 5.11 Å². The Morgan fingerprint density at radius 2 is 2.00 bits per heavy atom. The van der Waals surface area contributed by atoms with Gasteiger partial charge in [-0.3, -0.25) is 0 Å². The average molecular weight is 254 g/mol. The summed E-state index contributed by atoms with van der Waals surface area (Å²) in [4.78, 5) is 1.06. The number of benzene rings is 1. The summed E-state index contributed by atoms with van der Waals surface area (Å²) >= 11 is 7.31. The molecular formula is C12H12ClNOS. The lowest BCUT2D eigenvalue weighted by atomic mass is 10.0. The van der Waals surface area contributed by atoms with E-state index in [0.717, 1.165) is 14.8 Å². The number of nitrogens with two attached hydrogens (primary N) is 1. The van der Waals surface area contributed by atoms with Crippen LogP contribution in [0.5, 0.6) is 0 Å². The van der Waals surface area contributed by atoms with Crippen molar-refractivity contribution < 1.29 is 5.11 Å². The van der Waals surface area contributed by atoms with Crippen LogP contribution in [0.1, 0.15) is 16.5 Å². The number of nitrogen functional groups attached to an aromatic ring is 1. The molecule has 1 atom stereocenters.